The summed E-state index contributed by atoms with van der Waals surface area (Å²) in [6, 6.07) is 0. The van der Waals surface area contributed by atoms with Gasteiger partial charge in [-0.05, 0) is 20.0 Å². The lowest BCUT2D eigenvalue weighted by molar-refractivity contribution is 0.772. The first-order chi connectivity index (χ1) is 5.33. The van der Waals surface area contributed by atoms with E-state index in [4.69, 9.17) is 0 Å². The highest BCUT2D eigenvalue weighted by Gasteiger charge is 1.64. The van der Waals surface area contributed by atoms with Gasteiger partial charge in [-0.3, -0.25) is 0 Å². The van der Waals surface area contributed by atoms with Gasteiger partial charge in [-0.15, -0.1) is 0 Å². The zero-order valence-electron chi connectivity index (χ0n) is 9.33. The minimum atomic E-state index is 1.14. The molecular formula is C10H27N. The van der Waals surface area contributed by atoms with Crippen LogP contribution >= 0.6 is 0 Å². The van der Waals surface area contributed by atoms with Gasteiger partial charge >= 0.3 is 0 Å². The van der Waals surface area contributed by atoms with Gasteiger partial charge in [-0.1, -0.05) is 47.5 Å². The van der Waals surface area contributed by atoms with Crippen LogP contribution in [-0.4, -0.2) is 13.6 Å². The van der Waals surface area contributed by atoms with E-state index >= 15 is 0 Å². The molecule has 0 spiro atoms. The molecule has 0 aromatic heterocycles. The summed E-state index contributed by atoms with van der Waals surface area (Å²) in [5.74, 6) is 0. The molecule has 11 heavy (non-hydrogen) atoms. The lowest BCUT2D eigenvalue weighted by Gasteiger charge is -1.84. The predicted octanol–water partition coefficient (Wildman–Crippen LogP) is 3.45. The molecule has 72 valence electrons. The third kappa shape index (κ3) is 72.0. The van der Waals surface area contributed by atoms with E-state index in [9.17, 15) is 0 Å². The number of rotatable bonds is 3. The average Bonchev–Trinajstić information content (AvgIpc) is 2.10. The van der Waals surface area contributed by atoms with Crippen molar-refractivity contribution in [3.63, 3.8) is 0 Å². The van der Waals surface area contributed by atoms with Crippen LogP contribution in [0.1, 0.15) is 53.9 Å². The van der Waals surface area contributed by atoms with E-state index in [-0.39, 0.29) is 0 Å². The van der Waals surface area contributed by atoms with Gasteiger partial charge in [0.15, 0.2) is 0 Å². The van der Waals surface area contributed by atoms with Crippen LogP contribution in [0.5, 0.6) is 0 Å². The van der Waals surface area contributed by atoms with Crippen LogP contribution in [0.2, 0.25) is 0 Å². The first kappa shape index (κ1) is 17.2. The largest absolute Gasteiger partial charge is 0.320 e. The smallest absolute Gasteiger partial charge is 0.00546 e. The van der Waals surface area contributed by atoms with Gasteiger partial charge in [-0.2, -0.15) is 0 Å². The molecule has 0 rings (SSSR count). The molecule has 0 aromatic carbocycles. The van der Waals surface area contributed by atoms with Crippen molar-refractivity contribution in [2.75, 3.05) is 13.6 Å². The molecular weight excluding hydrogens is 134 g/mol. The summed E-state index contributed by atoms with van der Waals surface area (Å²) in [5.41, 5.74) is 0. The maximum atomic E-state index is 3.02. The van der Waals surface area contributed by atoms with E-state index in [0.717, 1.165) is 6.54 Å². The van der Waals surface area contributed by atoms with Crippen molar-refractivity contribution in [2.45, 2.75) is 53.9 Å². The van der Waals surface area contributed by atoms with E-state index in [0.29, 0.717) is 0 Å². The first-order valence-electron chi connectivity index (χ1n) is 4.97. The third-order valence-electron chi connectivity index (χ3n) is 1.000. The van der Waals surface area contributed by atoms with Crippen molar-refractivity contribution in [3.05, 3.63) is 0 Å². The zero-order chi connectivity index (χ0) is 9.54. The topological polar surface area (TPSA) is 12.0 Å². The number of unbranched alkanes of at least 4 members (excludes halogenated alkanes) is 1. The second kappa shape index (κ2) is 32.5. The monoisotopic (exact) mass is 161 g/mol. The normalized spacial score (nSPS) is 7.09. The number of hydrogen-bond donors (Lipinski definition) is 1. The molecule has 0 radical (unpaired) electrons. The molecule has 0 saturated carbocycles. The van der Waals surface area contributed by atoms with Crippen LogP contribution < -0.4 is 5.32 Å². The molecule has 0 saturated heterocycles. The van der Waals surface area contributed by atoms with Gasteiger partial charge in [-0.25, -0.2) is 0 Å². The highest BCUT2D eigenvalue weighted by atomic mass is 14.8. The standard InChI is InChI=1S/C4H11N.C4H10.C2H6/c1-3-4-5-2;1-3-4-2;1-2/h5H,3-4H2,1-2H3;3-4H2,1-2H3;1-2H3. The first-order valence-corrected chi connectivity index (χ1v) is 4.97. The summed E-state index contributed by atoms with van der Waals surface area (Å²) < 4.78 is 0. The number of hydrogen-bond acceptors (Lipinski definition) is 1. The summed E-state index contributed by atoms with van der Waals surface area (Å²) >= 11 is 0. The van der Waals surface area contributed by atoms with Crippen molar-refractivity contribution in [1.29, 1.82) is 0 Å². The van der Waals surface area contributed by atoms with Crippen LogP contribution in [0.3, 0.4) is 0 Å². The van der Waals surface area contributed by atoms with Gasteiger partial charge in [0.25, 0.3) is 0 Å². The Morgan fingerprint density at radius 3 is 1.18 bits per heavy atom. The number of nitrogens with one attached hydrogen (secondary N) is 1. The maximum absolute atomic E-state index is 3.02. The molecule has 1 N–H and O–H groups in total. The molecule has 0 atom stereocenters. The Labute approximate surface area is 73.6 Å². The molecule has 0 aliphatic carbocycles. The van der Waals surface area contributed by atoms with Crippen LogP contribution in [-0.2, 0) is 0 Å². The lowest BCUT2D eigenvalue weighted by Crippen LogP contribution is -2.04. The molecule has 0 amide bonds. The summed E-state index contributed by atoms with van der Waals surface area (Å²) in [6.07, 6.45) is 3.87. The van der Waals surface area contributed by atoms with E-state index in [1.807, 2.05) is 20.9 Å². The fraction of sp³-hybridized carbons (Fsp3) is 1.00. The minimum Gasteiger partial charge on any atom is -0.320 e. The van der Waals surface area contributed by atoms with E-state index in [1.54, 1.807) is 0 Å². The lowest BCUT2D eigenvalue weighted by atomic mass is 10.4. The quantitative estimate of drug-likeness (QED) is 0.668. The zero-order valence-corrected chi connectivity index (χ0v) is 9.33. The van der Waals surface area contributed by atoms with E-state index in [2.05, 4.69) is 26.1 Å². The molecule has 0 unspecified atom stereocenters. The van der Waals surface area contributed by atoms with Crippen molar-refractivity contribution in [3.8, 4) is 0 Å². The van der Waals surface area contributed by atoms with Gasteiger partial charge in [0.1, 0.15) is 0 Å². The van der Waals surface area contributed by atoms with Crippen LogP contribution in [0.25, 0.3) is 0 Å². The molecule has 1 nitrogen and oxygen atoms in total. The predicted molar refractivity (Wildman–Crippen MR) is 56.1 cm³/mol. The average molecular weight is 161 g/mol. The van der Waals surface area contributed by atoms with Gasteiger partial charge in [0.2, 0.25) is 0 Å². The van der Waals surface area contributed by atoms with Gasteiger partial charge in [0.05, 0.1) is 0 Å². The Bertz CT molecular complexity index is 24.1. The molecule has 0 aromatic rings. The highest BCUT2D eigenvalue weighted by Crippen LogP contribution is 1.76. The van der Waals surface area contributed by atoms with Crippen LogP contribution in [0.15, 0.2) is 0 Å². The Morgan fingerprint density at radius 1 is 0.818 bits per heavy atom. The molecule has 1 heteroatoms. The van der Waals surface area contributed by atoms with Gasteiger partial charge in [0, 0.05) is 0 Å². The Balaban J connectivity index is -0.0000000965. The summed E-state index contributed by atoms with van der Waals surface area (Å²) in [5, 5.41) is 3.02. The third-order valence-corrected chi connectivity index (χ3v) is 1.000. The minimum absolute atomic E-state index is 1.14. The highest BCUT2D eigenvalue weighted by molar-refractivity contribution is 4.28. The molecule has 0 aliphatic rings. The second-order valence-electron chi connectivity index (χ2n) is 2.10. The van der Waals surface area contributed by atoms with Crippen molar-refractivity contribution in [2.24, 2.45) is 0 Å². The van der Waals surface area contributed by atoms with Crippen molar-refractivity contribution >= 4 is 0 Å². The Hall–Kier alpha value is -0.0400. The SMILES string of the molecule is CC.CCCC.CCCNC. The van der Waals surface area contributed by atoms with E-state index in [1.165, 1.54) is 19.3 Å². The second-order valence-corrected chi connectivity index (χ2v) is 2.10. The van der Waals surface area contributed by atoms with Crippen LogP contribution in [0, 0.1) is 0 Å². The maximum Gasteiger partial charge on any atom is -0.00546 e. The Kier molecular flexibility index (Phi) is 50.7. The molecule has 0 fully saturated rings. The summed E-state index contributed by atoms with van der Waals surface area (Å²) in [7, 11) is 1.96. The molecule has 0 heterocycles. The van der Waals surface area contributed by atoms with Crippen LogP contribution in [0.4, 0.5) is 0 Å². The fourth-order valence-corrected chi connectivity index (χ4v) is 0.250. The van der Waals surface area contributed by atoms with Gasteiger partial charge < -0.3 is 5.32 Å². The summed E-state index contributed by atoms with van der Waals surface area (Å²) in [6.45, 7) is 11.6. The van der Waals surface area contributed by atoms with E-state index < -0.39 is 0 Å². The van der Waals surface area contributed by atoms with Crippen molar-refractivity contribution in [1.82, 2.24) is 5.32 Å². The summed E-state index contributed by atoms with van der Waals surface area (Å²) in [4.78, 5) is 0. The fourth-order valence-electron chi connectivity index (χ4n) is 0.250. The van der Waals surface area contributed by atoms with Crippen molar-refractivity contribution < 1.29 is 0 Å². The molecule has 0 aliphatic heterocycles. The molecule has 0 bridgehead atoms. The Morgan fingerprint density at radius 2 is 1.18 bits per heavy atom.